The van der Waals surface area contributed by atoms with Crippen LogP contribution in [0.1, 0.15) is 35.7 Å². The predicted octanol–water partition coefficient (Wildman–Crippen LogP) is 2.00. The number of hydrogen-bond donors (Lipinski definition) is 2. The lowest BCUT2D eigenvalue weighted by atomic mass is 10.1. The number of hydrogen-bond acceptors (Lipinski definition) is 6. The van der Waals surface area contributed by atoms with Crippen molar-refractivity contribution in [1.82, 2.24) is 9.88 Å². The van der Waals surface area contributed by atoms with Crippen molar-refractivity contribution in [3.63, 3.8) is 0 Å². The fraction of sp³-hybridized carbons (Fsp3) is 0.545. The van der Waals surface area contributed by atoms with Crippen LogP contribution < -0.4 is 20.4 Å². The molecule has 166 valence electrons. The van der Waals surface area contributed by atoms with Gasteiger partial charge in [0.05, 0.1) is 23.6 Å². The maximum Gasteiger partial charge on any atom is 0.341 e. The van der Waals surface area contributed by atoms with Gasteiger partial charge in [0.2, 0.25) is 5.43 Å². The molecule has 31 heavy (non-hydrogen) atoms. The number of benzene rings is 1. The third-order valence-corrected chi connectivity index (χ3v) is 6.48. The summed E-state index contributed by atoms with van der Waals surface area (Å²) in [5.74, 6) is -1.17. The van der Waals surface area contributed by atoms with Crippen LogP contribution >= 0.6 is 0 Å². The van der Waals surface area contributed by atoms with E-state index in [0.29, 0.717) is 42.0 Å². The zero-order valence-corrected chi connectivity index (χ0v) is 17.4. The molecular formula is C22H26FN3O5. The molecule has 1 aromatic heterocycles. The van der Waals surface area contributed by atoms with Crippen molar-refractivity contribution >= 4 is 22.6 Å². The summed E-state index contributed by atoms with van der Waals surface area (Å²) >= 11 is 0. The number of aromatic carboxylic acids is 1. The van der Waals surface area contributed by atoms with Crippen LogP contribution in [0.15, 0.2) is 17.1 Å². The summed E-state index contributed by atoms with van der Waals surface area (Å²) in [4.78, 5) is 26.4. The molecule has 3 heterocycles. The van der Waals surface area contributed by atoms with Crippen LogP contribution in [0.4, 0.5) is 10.1 Å². The van der Waals surface area contributed by atoms with Gasteiger partial charge in [0.1, 0.15) is 17.9 Å². The summed E-state index contributed by atoms with van der Waals surface area (Å²) in [5.41, 5.74) is -0.311. The maximum atomic E-state index is 15.3. The summed E-state index contributed by atoms with van der Waals surface area (Å²) in [5, 5.41) is 13.0. The van der Waals surface area contributed by atoms with Crippen LogP contribution in [-0.2, 0) is 4.74 Å². The number of anilines is 1. The van der Waals surface area contributed by atoms with Crippen LogP contribution in [0.5, 0.6) is 5.75 Å². The fourth-order valence-electron chi connectivity index (χ4n) is 4.72. The molecule has 1 saturated carbocycles. The quantitative estimate of drug-likeness (QED) is 0.693. The number of nitrogens with zero attached hydrogens (tertiary/aromatic N) is 2. The standard InChI is InChI=1S/C22H26FN3O5/c1-30-10-14-11-31-21-18-15(20(27)16(22(28)29)9-26(14)18)6-17(23)19(21)25-5-4-12(8-25)7-24-13-2-3-13/h6,9,12-14,24H,2-5,7-8,10-11H2,1H3,(H,28,29)/t12-,14-/m0/s1. The molecule has 5 rings (SSSR count). The van der Waals surface area contributed by atoms with E-state index in [9.17, 15) is 14.7 Å². The molecule has 2 atom stereocenters. The Hall–Kier alpha value is -2.65. The average Bonchev–Trinajstić information content (AvgIpc) is 3.46. The number of halogens is 1. The minimum Gasteiger partial charge on any atom is -0.487 e. The number of nitrogens with one attached hydrogen (secondary N) is 1. The van der Waals surface area contributed by atoms with Gasteiger partial charge in [-0.05, 0) is 37.8 Å². The summed E-state index contributed by atoms with van der Waals surface area (Å²) in [6.07, 6.45) is 4.74. The normalized spacial score (nSPS) is 22.7. The van der Waals surface area contributed by atoms with E-state index < -0.39 is 17.2 Å². The molecule has 0 radical (unpaired) electrons. The number of ether oxygens (including phenoxy) is 2. The molecular weight excluding hydrogens is 405 g/mol. The topological polar surface area (TPSA) is 93.0 Å². The monoisotopic (exact) mass is 431 g/mol. The Kier molecular flexibility index (Phi) is 5.10. The van der Waals surface area contributed by atoms with Gasteiger partial charge in [0, 0.05) is 32.4 Å². The van der Waals surface area contributed by atoms with Crippen LogP contribution in [-0.4, -0.2) is 61.6 Å². The average molecular weight is 431 g/mol. The summed E-state index contributed by atoms with van der Waals surface area (Å²) in [6.45, 7) is 2.80. The molecule has 0 spiro atoms. The van der Waals surface area contributed by atoms with E-state index in [0.717, 1.165) is 19.0 Å². The lowest BCUT2D eigenvalue weighted by molar-refractivity contribution is 0.0692. The van der Waals surface area contributed by atoms with Crippen molar-refractivity contribution in [3.8, 4) is 5.75 Å². The van der Waals surface area contributed by atoms with Crippen molar-refractivity contribution in [2.45, 2.75) is 31.3 Å². The highest BCUT2D eigenvalue weighted by molar-refractivity contribution is 5.97. The molecule has 2 aliphatic heterocycles. The first-order valence-corrected chi connectivity index (χ1v) is 10.7. The number of pyridine rings is 1. The summed E-state index contributed by atoms with van der Waals surface area (Å²) < 4.78 is 28.3. The minimum atomic E-state index is -1.34. The van der Waals surface area contributed by atoms with E-state index in [-0.39, 0.29) is 30.2 Å². The first-order chi connectivity index (χ1) is 15.0. The lowest BCUT2D eigenvalue weighted by Crippen LogP contribution is -2.32. The Morgan fingerprint density at radius 3 is 2.90 bits per heavy atom. The van der Waals surface area contributed by atoms with E-state index in [2.05, 4.69) is 5.32 Å². The first-order valence-electron chi connectivity index (χ1n) is 10.7. The van der Waals surface area contributed by atoms with Gasteiger partial charge in [-0.1, -0.05) is 0 Å². The number of methoxy groups -OCH3 is 1. The fourth-order valence-corrected chi connectivity index (χ4v) is 4.72. The molecule has 1 aromatic carbocycles. The number of carboxylic acid groups (broad SMARTS) is 1. The molecule has 2 fully saturated rings. The number of rotatable bonds is 7. The largest absolute Gasteiger partial charge is 0.487 e. The maximum absolute atomic E-state index is 15.3. The van der Waals surface area contributed by atoms with Crippen molar-refractivity contribution in [3.05, 3.63) is 33.9 Å². The number of aromatic nitrogens is 1. The van der Waals surface area contributed by atoms with Crippen molar-refractivity contribution in [2.75, 3.05) is 44.9 Å². The van der Waals surface area contributed by atoms with E-state index in [1.165, 1.54) is 19.0 Å². The van der Waals surface area contributed by atoms with Gasteiger partial charge < -0.3 is 29.4 Å². The van der Waals surface area contributed by atoms with Gasteiger partial charge in [-0.3, -0.25) is 4.79 Å². The Morgan fingerprint density at radius 1 is 1.39 bits per heavy atom. The zero-order chi connectivity index (χ0) is 21.7. The van der Waals surface area contributed by atoms with E-state index in [4.69, 9.17) is 9.47 Å². The molecule has 2 aromatic rings. The molecule has 1 saturated heterocycles. The van der Waals surface area contributed by atoms with Gasteiger partial charge in [-0.2, -0.15) is 0 Å². The van der Waals surface area contributed by atoms with Crippen LogP contribution in [0.25, 0.3) is 10.9 Å². The second-order valence-corrected chi connectivity index (χ2v) is 8.72. The minimum absolute atomic E-state index is 0.0168. The first kappa shape index (κ1) is 20.3. The number of carboxylic acids is 1. The molecule has 1 aliphatic carbocycles. The highest BCUT2D eigenvalue weighted by Crippen LogP contribution is 2.43. The Bertz CT molecular complexity index is 1100. The summed E-state index contributed by atoms with van der Waals surface area (Å²) in [6, 6.07) is 1.48. The third-order valence-electron chi connectivity index (χ3n) is 6.48. The van der Waals surface area contributed by atoms with Crippen LogP contribution in [0, 0.1) is 11.7 Å². The molecule has 9 heteroatoms. The van der Waals surface area contributed by atoms with Gasteiger partial charge in [0.15, 0.2) is 11.6 Å². The molecule has 0 amide bonds. The Balaban J connectivity index is 1.59. The second kappa shape index (κ2) is 7.80. The predicted molar refractivity (Wildman–Crippen MR) is 113 cm³/mol. The van der Waals surface area contributed by atoms with Gasteiger partial charge in [-0.15, -0.1) is 0 Å². The van der Waals surface area contributed by atoms with Crippen LogP contribution in [0.3, 0.4) is 0 Å². The molecule has 8 nitrogen and oxygen atoms in total. The number of carbonyl (C=O) groups is 1. The van der Waals surface area contributed by atoms with Crippen LogP contribution in [0.2, 0.25) is 0 Å². The molecule has 0 bridgehead atoms. The Morgan fingerprint density at radius 2 is 2.19 bits per heavy atom. The third kappa shape index (κ3) is 3.55. The SMILES string of the molecule is COC[C@H]1COc2c(N3CC[C@@H](CNC4CC4)C3)c(F)cc3c(=O)c(C(=O)O)cn1c23. The van der Waals surface area contributed by atoms with E-state index >= 15 is 4.39 Å². The highest BCUT2D eigenvalue weighted by atomic mass is 19.1. The molecule has 3 aliphatic rings. The zero-order valence-electron chi connectivity index (χ0n) is 17.4. The van der Waals surface area contributed by atoms with Gasteiger partial charge >= 0.3 is 5.97 Å². The van der Waals surface area contributed by atoms with Crippen molar-refractivity contribution in [1.29, 1.82) is 0 Å². The highest BCUT2D eigenvalue weighted by Gasteiger charge is 2.34. The van der Waals surface area contributed by atoms with Crippen molar-refractivity contribution < 1.29 is 23.8 Å². The van der Waals surface area contributed by atoms with E-state index in [1.807, 2.05) is 4.90 Å². The molecule has 0 unspecified atom stereocenters. The van der Waals surface area contributed by atoms with E-state index in [1.54, 1.807) is 11.7 Å². The smallest absolute Gasteiger partial charge is 0.341 e. The lowest BCUT2D eigenvalue weighted by Gasteiger charge is -2.32. The van der Waals surface area contributed by atoms with Crippen molar-refractivity contribution in [2.24, 2.45) is 5.92 Å². The molecule has 2 N–H and O–H groups in total. The van der Waals surface area contributed by atoms with Gasteiger partial charge in [0.25, 0.3) is 0 Å². The summed E-state index contributed by atoms with van der Waals surface area (Å²) in [7, 11) is 1.55. The second-order valence-electron chi connectivity index (χ2n) is 8.72. The van der Waals surface area contributed by atoms with Gasteiger partial charge in [-0.25, -0.2) is 9.18 Å². The Labute approximate surface area is 178 Å².